The van der Waals surface area contributed by atoms with Crippen LogP contribution in [0.2, 0.25) is 0 Å². The summed E-state index contributed by atoms with van der Waals surface area (Å²) in [5.41, 5.74) is -0.329. The van der Waals surface area contributed by atoms with Crippen LogP contribution in [0.15, 0.2) is 0 Å². The summed E-state index contributed by atoms with van der Waals surface area (Å²) in [6.45, 7) is 10.6. The summed E-state index contributed by atoms with van der Waals surface area (Å²) < 4.78 is 16.8. The van der Waals surface area contributed by atoms with Crippen LogP contribution in [0.3, 0.4) is 0 Å². The maximum absolute atomic E-state index is 9.33. The highest BCUT2D eigenvalue weighted by molar-refractivity contribution is 4.75. The average molecular weight is 232 g/mol. The maximum atomic E-state index is 9.33. The minimum atomic E-state index is -0.498. The molecule has 1 aliphatic heterocycles. The largest absolute Gasteiger partial charge is 0.393 e. The summed E-state index contributed by atoms with van der Waals surface area (Å²) in [6.07, 6.45) is 0.250. The van der Waals surface area contributed by atoms with Gasteiger partial charge in [0.05, 0.1) is 24.9 Å². The number of aliphatic hydroxyl groups excluding tert-OH is 1. The van der Waals surface area contributed by atoms with E-state index in [2.05, 4.69) is 0 Å². The average Bonchev–Trinajstić information content (AvgIpc) is 2.40. The molecule has 1 N–H and O–H groups in total. The van der Waals surface area contributed by atoms with E-state index in [9.17, 15) is 5.11 Å². The molecular weight excluding hydrogens is 208 g/mol. The van der Waals surface area contributed by atoms with Crippen LogP contribution in [0.1, 0.15) is 41.0 Å². The van der Waals surface area contributed by atoms with Gasteiger partial charge in [-0.15, -0.1) is 0 Å². The first-order valence-electron chi connectivity index (χ1n) is 5.84. The third kappa shape index (κ3) is 4.78. The van der Waals surface area contributed by atoms with E-state index in [1.807, 2.05) is 27.7 Å². The van der Waals surface area contributed by atoms with Crippen molar-refractivity contribution in [3.8, 4) is 0 Å². The van der Waals surface area contributed by atoms with Crippen LogP contribution < -0.4 is 0 Å². The van der Waals surface area contributed by atoms with Crippen molar-refractivity contribution in [3.05, 3.63) is 0 Å². The quantitative estimate of drug-likeness (QED) is 0.784. The van der Waals surface area contributed by atoms with E-state index < -0.39 is 5.79 Å². The minimum absolute atomic E-state index is 0.0109. The summed E-state index contributed by atoms with van der Waals surface area (Å²) in [7, 11) is 0. The van der Waals surface area contributed by atoms with E-state index in [1.165, 1.54) is 0 Å². The van der Waals surface area contributed by atoms with Gasteiger partial charge in [0.25, 0.3) is 0 Å². The third-order valence-electron chi connectivity index (χ3n) is 2.51. The molecule has 0 spiro atoms. The molecule has 2 unspecified atom stereocenters. The molecule has 16 heavy (non-hydrogen) atoms. The molecule has 0 aliphatic carbocycles. The summed E-state index contributed by atoms with van der Waals surface area (Å²) in [5.74, 6) is -0.498. The van der Waals surface area contributed by atoms with Gasteiger partial charge in [-0.2, -0.15) is 0 Å². The van der Waals surface area contributed by atoms with Gasteiger partial charge >= 0.3 is 0 Å². The highest BCUT2D eigenvalue weighted by Gasteiger charge is 2.34. The van der Waals surface area contributed by atoms with Gasteiger partial charge in [-0.05, 0) is 34.6 Å². The number of ether oxygens (including phenoxy) is 3. The van der Waals surface area contributed by atoms with Crippen molar-refractivity contribution in [2.45, 2.75) is 64.6 Å². The molecule has 1 saturated heterocycles. The van der Waals surface area contributed by atoms with Crippen molar-refractivity contribution in [3.63, 3.8) is 0 Å². The lowest BCUT2D eigenvalue weighted by atomic mass is 10.0. The van der Waals surface area contributed by atoms with Gasteiger partial charge in [0.1, 0.15) is 6.10 Å². The molecule has 0 radical (unpaired) electrons. The van der Waals surface area contributed by atoms with Crippen LogP contribution in [-0.2, 0) is 14.2 Å². The number of hydrogen-bond acceptors (Lipinski definition) is 4. The zero-order chi connectivity index (χ0) is 12.4. The SMILES string of the molecule is CC(O)CC(C)(C)OCC1COC(C)(C)O1. The molecule has 0 amide bonds. The van der Waals surface area contributed by atoms with Gasteiger partial charge in [0.2, 0.25) is 0 Å². The second-order valence-electron chi connectivity index (χ2n) is 5.57. The Balaban J connectivity index is 2.29. The Kier molecular flexibility index (Phi) is 4.35. The molecular formula is C12H24O4. The van der Waals surface area contributed by atoms with E-state index in [1.54, 1.807) is 6.92 Å². The van der Waals surface area contributed by atoms with Gasteiger partial charge in [0, 0.05) is 6.42 Å². The second-order valence-corrected chi connectivity index (χ2v) is 5.57. The topological polar surface area (TPSA) is 47.9 Å². The van der Waals surface area contributed by atoms with Crippen molar-refractivity contribution < 1.29 is 19.3 Å². The summed E-state index contributed by atoms with van der Waals surface area (Å²) in [5, 5.41) is 9.33. The standard InChI is InChI=1S/C12H24O4/c1-9(13)6-11(2,3)14-7-10-8-15-12(4,5)16-10/h9-10,13H,6-8H2,1-5H3. The molecule has 0 aromatic heterocycles. The van der Waals surface area contributed by atoms with Crippen molar-refractivity contribution in [2.75, 3.05) is 13.2 Å². The lowest BCUT2D eigenvalue weighted by Crippen LogP contribution is -2.33. The maximum Gasteiger partial charge on any atom is 0.163 e. The Hall–Kier alpha value is -0.160. The van der Waals surface area contributed by atoms with Crippen molar-refractivity contribution >= 4 is 0 Å². The molecule has 0 saturated carbocycles. The number of rotatable bonds is 5. The van der Waals surface area contributed by atoms with Gasteiger partial charge in [-0.1, -0.05) is 0 Å². The first-order valence-corrected chi connectivity index (χ1v) is 5.84. The lowest BCUT2D eigenvalue weighted by molar-refractivity contribution is -0.154. The Bertz CT molecular complexity index is 223. The predicted molar refractivity (Wildman–Crippen MR) is 61.2 cm³/mol. The zero-order valence-electron chi connectivity index (χ0n) is 10.9. The number of hydrogen-bond donors (Lipinski definition) is 1. The monoisotopic (exact) mass is 232 g/mol. The van der Waals surface area contributed by atoms with Gasteiger partial charge in [0.15, 0.2) is 5.79 Å². The summed E-state index contributed by atoms with van der Waals surface area (Å²) in [6, 6.07) is 0. The van der Waals surface area contributed by atoms with Crippen molar-refractivity contribution in [1.29, 1.82) is 0 Å². The van der Waals surface area contributed by atoms with Crippen molar-refractivity contribution in [2.24, 2.45) is 0 Å². The normalized spacial score (nSPS) is 27.0. The first kappa shape index (κ1) is 13.9. The Morgan fingerprint density at radius 1 is 1.50 bits per heavy atom. The fourth-order valence-electron chi connectivity index (χ4n) is 1.93. The van der Waals surface area contributed by atoms with E-state index >= 15 is 0 Å². The summed E-state index contributed by atoms with van der Waals surface area (Å²) in [4.78, 5) is 0. The molecule has 0 aromatic rings. The molecule has 4 heteroatoms. The predicted octanol–water partition coefficient (Wildman–Crippen LogP) is 1.70. The Morgan fingerprint density at radius 3 is 2.56 bits per heavy atom. The fourth-order valence-corrected chi connectivity index (χ4v) is 1.93. The van der Waals surface area contributed by atoms with Crippen LogP contribution in [0.4, 0.5) is 0 Å². The highest BCUT2D eigenvalue weighted by Crippen LogP contribution is 2.24. The van der Waals surface area contributed by atoms with E-state index in [0.717, 1.165) is 0 Å². The molecule has 96 valence electrons. The lowest BCUT2D eigenvalue weighted by Gasteiger charge is -2.28. The third-order valence-corrected chi connectivity index (χ3v) is 2.51. The van der Waals surface area contributed by atoms with E-state index in [-0.39, 0.29) is 17.8 Å². The van der Waals surface area contributed by atoms with Crippen molar-refractivity contribution in [1.82, 2.24) is 0 Å². The summed E-state index contributed by atoms with van der Waals surface area (Å²) >= 11 is 0. The first-order chi connectivity index (χ1) is 7.20. The van der Waals surface area contributed by atoms with Crippen LogP contribution in [0.5, 0.6) is 0 Å². The highest BCUT2D eigenvalue weighted by atomic mass is 16.7. The second kappa shape index (κ2) is 5.00. The van der Waals surface area contributed by atoms with Gasteiger partial charge in [-0.25, -0.2) is 0 Å². The smallest absolute Gasteiger partial charge is 0.163 e. The molecule has 1 fully saturated rings. The molecule has 0 aromatic carbocycles. The van der Waals surface area contributed by atoms with Gasteiger partial charge < -0.3 is 19.3 Å². The Labute approximate surface area is 97.9 Å². The molecule has 2 atom stereocenters. The zero-order valence-corrected chi connectivity index (χ0v) is 10.9. The molecule has 4 nitrogen and oxygen atoms in total. The van der Waals surface area contributed by atoms with Crippen LogP contribution in [0.25, 0.3) is 0 Å². The van der Waals surface area contributed by atoms with E-state index in [4.69, 9.17) is 14.2 Å². The molecule has 0 bridgehead atoms. The van der Waals surface area contributed by atoms with E-state index in [0.29, 0.717) is 19.6 Å². The minimum Gasteiger partial charge on any atom is -0.393 e. The Morgan fingerprint density at radius 2 is 2.12 bits per heavy atom. The van der Waals surface area contributed by atoms with Crippen LogP contribution >= 0.6 is 0 Å². The van der Waals surface area contributed by atoms with Crippen LogP contribution in [0, 0.1) is 0 Å². The molecule has 1 rings (SSSR count). The fraction of sp³-hybridized carbons (Fsp3) is 1.00. The van der Waals surface area contributed by atoms with Gasteiger partial charge in [-0.3, -0.25) is 0 Å². The van der Waals surface area contributed by atoms with Crippen LogP contribution in [-0.4, -0.2) is 41.9 Å². The molecule has 1 aliphatic rings. The molecule has 1 heterocycles. The number of aliphatic hydroxyl groups is 1.